The number of benzene rings is 3. The molecule has 1 heterocycles. The molecule has 0 unspecified atom stereocenters. The van der Waals surface area contributed by atoms with Crippen molar-refractivity contribution in [3.63, 3.8) is 0 Å². The molecule has 216 valence electrons. The molecule has 1 aliphatic rings. The van der Waals surface area contributed by atoms with Gasteiger partial charge in [-0.05, 0) is 59.6 Å². The maximum absolute atomic E-state index is 15.3. The second-order valence-corrected chi connectivity index (χ2v) is 11.4. The van der Waals surface area contributed by atoms with Gasteiger partial charge in [0.15, 0.2) is 11.6 Å². The Morgan fingerprint density at radius 3 is 1.80 bits per heavy atom. The lowest BCUT2D eigenvalue weighted by Crippen LogP contribution is -2.27. The summed E-state index contributed by atoms with van der Waals surface area (Å²) in [5.41, 5.74) is 3.80. The van der Waals surface area contributed by atoms with Crippen LogP contribution in [0.2, 0.25) is 0 Å². The first kappa shape index (κ1) is 30.2. The molecule has 1 aliphatic heterocycles. The van der Waals surface area contributed by atoms with Crippen LogP contribution in [0.1, 0.15) is 114 Å². The molecule has 0 bridgehead atoms. The summed E-state index contributed by atoms with van der Waals surface area (Å²) in [6.45, 7) is 4.39. The lowest BCUT2D eigenvalue weighted by atomic mass is 9.90. The molecule has 0 saturated heterocycles. The van der Waals surface area contributed by atoms with Crippen molar-refractivity contribution in [3.8, 4) is 28.0 Å². The molecule has 0 aromatic heterocycles. The van der Waals surface area contributed by atoms with Crippen molar-refractivity contribution in [3.05, 3.63) is 77.1 Å². The smallest absolute Gasteiger partial charge is 0.425 e. The lowest BCUT2D eigenvalue weighted by Gasteiger charge is -2.29. The largest absolute Gasteiger partial charge is 0.427 e. The van der Waals surface area contributed by atoms with Gasteiger partial charge in [-0.25, -0.2) is 4.39 Å². The number of hydrogen-bond donors (Lipinski definition) is 0. The highest BCUT2D eigenvalue weighted by molar-refractivity contribution is 5.80. The van der Waals surface area contributed by atoms with Crippen molar-refractivity contribution in [2.45, 2.75) is 116 Å². The summed E-state index contributed by atoms with van der Waals surface area (Å²) in [5, 5.41) is 0. The molecule has 1 nitrogen and oxygen atoms in total. The zero-order valence-electron chi connectivity index (χ0n) is 24.3. The van der Waals surface area contributed by atoms with Crippen LogP contribution in [-0.4, -0.2) is 0 Å². The Balaban J connectivity index is 1.41. The van der Waals surface area contributed by atoms with E-state index in [9.17, 15) is 0 Å². The Morgan fingerprint density at radius 1 is 0.600 bits per heavy atom. The number of alkyl halides is 2. The van der Waals surface area contributed by atoms with Crippen molar-refractivity contribution in [1.82, 2.24) is 0 Å². The second kappa shape index (κ2) is 14.8. The maximum atomic E-state index is 15.3. The van der Waals surface area contributed by atoms with Crippen LogP contribution < -0.4 is 4.74 Å². The summed E-state index contributed by atoms with van der Waals surface area (Å²) in [5.74, 6) is -0.990. The van der Waals surface area contributed by atoms with Gasteiger partial charge in [-0.1, -0.05) is 133 Å². The minimum absolute atomic E-state index is 0.216. The van der Waals surface area contributed by atoms with Crippen molar-refractivity contribution in [2.24, 2.45) is 0 Å². The van der Waals surface area contributed by atoms with Gasteiger partial charge in [-0.3, -0.25) is 0 Å². The number of aryl methyl sites for hydroxylation is 2. The third-order valence-electron chi connectivity index (χ3n) is 8.19. The maximum Gasteiger partial charge on any atom is 0.427 e. The molecule has 40 heavy (non-hydrogen) atoms. The third kappa shape index (κ3) is 7.71. The highest BCUT2D eigenvalue weighted by Crippen LogP contribution is 2.49. The summed E-state index contributed by atoms with van der Waals surface area (Å²) >= 11 is 0. The van der Waals surface area contributed by atoms with Crippen LogP contribution in [0.4, 0.5) is 13.2 Å². The van der Waals surface area contributed by atoms with Gasteiger partial charge in [0.05, 0.1) is 5.56 Å². The van der Waals surface area contributed by atoms with Gasteiger partial charge in [-0.15, -0.1) is 0 Å². The van der Waals surface area contributed by atoms with Crippen LogP contribution in [0.25, 0.3) is 22.3 Å². The number of hydrogen-bond acceptors (Lipinski definition) is 1. The van der Waals surface area contributed by atoms with E-state index in [4.69, 9.17) is 4.74 Å². The Morgan fingerprint density at radius 2 is 1.15 bits per heavy atom. The van der Waals surface area contributed by atoms with E-state index in [0.29, 0.717) is 28.7 Å². The molecular weight excluding hydrogens is 505 g/mol. The fraction of sp³-hybridized carbons (Fsp3) is 0.500. The molecular formula is C36H45F3O. The molecule has 0 atom stereocenters. The quantitative estimate of drug-likeness (QED) is 0.161. The lowest BCUT2D eigenvalue weighted by molar-refractivity contribution is -0.188. The molecule has 4 rings (SSSR count). The number of fused-ring (bicyclic) bond motifs is 3. The summed E-state index contributed by atoms with van der Waals surface area (Å²) in [6.07, 6.45) is 13.6. The second-order valence-electron chi connectivity index (χ2n) is 11.4. The minimum Gasteiger partial charge on any atom is -0.425 e. The molecule has 0 spiro atoms. The van der Waals surface area contributed by atoms with Crippen LogP contribution in [0.5, 0.6) is 5.75 Å². The SMILES string of the molecule is CCCCCCCCCCc1ccc(-c2ccc3c(c2)C(F)(F)Oc2c-3ccc(CCCCCCC)c2F)cc1. The summed E-state index contributed by atoms with van der Waals surface area (Å²) < 4.78 is 50.8. The zero-order valence-corrected chi connectivity index (χ0v) is 24.3. The molecule has 3 aromatic carbocycles. The molecule has 0 amide bonds. The molecule has 0 saturated carbocycles. The van der Waals surface area contributed by atoms with E-state index in [1.165, 1.54) is 63.0 Å². The monoisotopic (exact) mass is 550 g/mol. The van der Waals surface area contributed by atoms with Crippen molar-refractivity contribution in [1.29, 1.82) is 0 Å². The highest BCUT2D eigenvalue weighted by atomic mass is 19.3. The van der Waals surface area contributed by atoms with Crippen LogP contribution in [0.3, 0.4) is 0 Å². The van der Waals surface area contributed by atoms with Gasteiger partial charge in [0, 0.05) is 5.56 Å². The summed E-state index contributed by atoms with van der Waals surface area (Å²) in [6, 6.07) is 16.7. The normalized spacial score (nSPS) is 13.5. The molecule has 4 heteroatoms. The van der Waals surface area contributed by atoms with E-state index in [0.717, 1.165) is 44.1 Å². The molecule has 3 aromatic rings. The van der Waals surface area contributed by atoms with Crippen molar-refractivity contribution >= 4 is 0 Å². The molecule has 0 fully saturated rings. The predicted molar refractivity (Wildman–Crippen MR) is 161 cm³/mol. The fourth-order valence-electron chi connectivity index (χ4n) is 5.73. The van der Waals surface area contributed by atoms with Crippen LogP contribution >= 0.6 is 0 Å². The summed E-state index contributed by atoms with van der Waals surface area (Å²) in [7, 11) is 0. The number of rotatable bonds is 16. The predicted octanol–water partition coefficient (Wildman–Crippen LogP) is 11.8. The molecule has 0 aliphatic carbocycles. The Hall–Kier alpha value is -2.75. The van der Waals surface area contributed by atoms with E-state index >= 15 is 13.2 Å². The van der Waals surface area contributed by atoms with E-state index < -0.39 is 11.9 Å². The van der Waals surface area contributed by atoms with Gasteiger partial charge >= 0.3 is 6.11 Å². The first-order chi connectivity index (χ1) is 19.4. The van der Waals surface area contributed by atoms with Crippen molar-refractivity contribution < 1.29 is 17.9 Å². The summed E-state index contributed by atoms with van der Waals surface area (Å²) in [4.78, 5) is 0. The Labute approximate surface area is 239 Å². The van der Waals surface area contributed by atoms with Gasteiger partial charge in [0.2, 0.25) is 0 Å². The van der Waals surface area contributed by atoms with E-state index in [1.54, 1.807) is 18.2 Å². The van der Waals surface area contributed by atoms with Gasteiger partial charge in [0.1, 0.15) is 0 Å². The van der Waals surface area contributed by atoms with Crippen molar-refractivity contribution in [2.75, 3.05) is 0 Å². The standard InChI is InChI=1S/C36H45F3O/c1-3-5-7-9-10-11-13-14-16-27-18-20-28(21-19-27)30-23-24-31-32-25-22-29(17-15-12-8-6-4-2)34(37)35(32)40-36(38,39)33(31)26-30/h18-26H,3-17H2,1-2H3. The van der Waals surface area contributed by atoms with E-state index in [1.807, 2.05) is 18.2 Å². The molecule has 0 radical (unpaired) electrons. The number of halogens is 3. The van der Waals surface area contributed by atoms with Gasteiger partial charge in [0.25, 0.3) is 0 Å². The van der Waals surface area contributed by atoms with Gasteiger partial charge < -0.3 is 4.74 Å². The Kier molecular flexibility index (Phi) is 11.1. The minimum atomic E-state index is -3.60. The van der Waals surface area contributed by atoms with E-state index in [2.05, 4.69) is 26.0 Å². The third-order valence-corrected chi connectivity index (χ3v) is 8.19. The van der Waals surface area contributed by atoms with Crippen LogP contribution in [0.15, 0.2) is 54.6 Å². The number of ether oxygens (including phenoxy) is 1. The van der Waals surface area contributed by atoms with Gasteiger partial charge in [-0.2, -0.15) is 8.78 Å². The molecule has 0 N–H and O–H groups in total. The zero-order chi connectivity index (χ0) is 28.4. The average Bonchev–Trinajstić information content (AvgIpc) is 2.96. The van der Waals surface area contributed by atoms with Crippen LogP contribution in [0, 0.1) is 5.82 Å². The first-order valence-electron chi connectivity index (χ1n) is 15.6. The first-order valence-corrected chi connectivity index (χ1v) is 15.6. The fourth-order valence-corrected chi connectivity index (χ4v) is 5.73. The van der Waals surface area contributed by atoms with Crippen LogP contribution in [-0.2, 0) is 19.0 Å². The topological polar surface area (TPSA) is 9.23 Å². The average molecular weight is 551 g/mol. The highest BCUT2D eigenvalue weighted by Gasteiger charge is 2.43. The Bertz CT molecular complexity index is 1220. The number of unbranched alkanes of at least 4 members (excludes halogenated alkanes) is 11. The van der Waals surface area contributed by atoms with E-state index in [-0.39, 0.29) is 11.3 Å².